The molecule has 2 fully saturated rings. The SMILES string of the molecule is CC(C)Cc1ccc(C(C)NC(=O)CN2CCN(C(=O)C3CCCO3)CC2)cc1. The Labute approximate surface area is 174 Å². The molecule has 2 unspecified atom stereocenters. The first-order valence-electron chi connectivity index (χ1n) is 10.9. The smallest absolute Gasteiger partial charge is 0.251 e. The molecule has 6 nitrogen and oxygen atoms in total. The molecule has 1 aromatic carbocycles. The molecule has 2 atom stereocenters. The van der Waals surface area contributed by atoms with E-state index in [4.69, 9.17) is 4.74 Å². The van der Waals surface area contributed by atoms with E-state index >= 15 is 0 Å². The minimum Gasteiger partial charge on any atom is -0.368 e. The van der Waals surface area contributed by atoms with Gasteiger partial charge in [-0.1, -0.05) is 38.1 Å². The Morgan fingerprint density at radius 1 is 1.10 bits per heavy atom. The second kappa shape index (κ2) is 10.2. The lowest BCUT2D eigenvalue weighted by Crippen LogP contribution is -2.53. The number of hydrogen-bond acceptors (Lipinski definition) is 4. The van der Waals surface area contributed by atoms with Crippen LogP contribution < -0.4 is 5.32 Å². The van der Waals surface area contributed by atoms with Crippen LogP contribution in [0.5, 0.6) is 0 Å². The number of carbonyl (C=O) groups is 2. The summed E-state index contributed by atoms with van der Waals surface area (Å²) in [6.45, 7) is 10.3. The zero-order valence-electron chi connectivity index (χ0n) is 18.0. The zero-order valence-corrected chi connectivity index (χ0v) is 18.0. The number of amides is 2. The van der Waals surface area contributed by atoms with Crippen LogP contribution in [-0.4, -0.2) is 67.0 Å². The Morgan fingerprint density at radius 3 is 2.38 bits per heavy atom. The van der Waals surface area contributed by atoms with Crippen LogP contribution in [-0.2, 0) is 20.7 Å². The minimum atomic E-state index is -0.252. The van der Waals surface area contributed by atoms with Crippen molar-refractivity contribution in [2.24, 2.45) is 5.92 Å². The molecule has 0 radical (unpaired) electrons. The molecule has 0 spiro atoms. The number of nitrogens with zero attached hydrogens (tertiary/aromatic N) is 2. The number of carbonyl (C=O) groups excluding carboxylic acids is 2. The van der Waals surface area contributed by atoms with Gasteiger partial charge in [0.1, 0.15) is 6.10 Å². The Hall–Kier alpha value is -1.92. The minimum absolute atomic E-state index is 0.0158. The van der Waals surface area contributed by atoms with Gasteiger partial charge >= 0.3 is 0 Å². The number of rotatable bonds is 7. The van der Waals surface area contributed by atoms with Crippen molar-refractivity contribution < 1.29 is 14.3 Å². The maximum atomic E-state index is 12.5. The summed E-state index contributed by atoms with van der Waals surface area (Å²) < 4.78 is 5.50. The molecule has 2 amide bonds. The number of hydrogen-bond donors (Lipinski definition) is 1. The molecule has 1 aromatic rings. The van der Waals surface area contributed by atoms with Gasteiger partial charge in [-0.3, -0.25) is 14.5 Å². The van der Waals surface area contributed by atoms with E-state index in [-0.39, 0.29) is 24.0 Å². The molecule has 2 saturated heterocycles. The highest BCUT2D eigenvalue weighted by Crippen LogP contribution is 2.17. The summed E-state index contributed by atoms with van der Waals surface area (Å²) in [7, 11) is 0. The van der Waals surface area contributed by atoms with E-state index in [1.165, 1.54) is 5.56 Å². The summed E-state index contributed by atoms with van der Waals surface area (Å²) in [4.78, 5) is 28.9. The van der Waals surface area contributed by atoms with Crippen LogP contribution in [0.4, 0.5) is 0 Å². The van der Waals surface area contributed by atoms with Crippen molar-refractivity contribution in [2.75, 3.05) is 39.3 Å². The van der Waals surface area contributed by atoms with Gasteiger partial charge in [-0.05, 0) is 43.2 Å². The summed E-state index contributed by atoms with van der Waals surface area (Å²) in [6.07, 6.45) is 2.62. The van der Waals surface area contributed by atoms with Crippen molar-refractivity contribution >= 4 is 11.8 Å². The molecule has 0 aromatic heterocycles. The lowest BCUT2D eigenvalue weighted by Gasteiger charge is -2.35. The van der Waals surface area contributed by atoms with Crippen LogP contribution in [0, 0.1) is 5.92 Å². The molecule has 160 valence electrons. The van der Waals surface area contributed by atoms with Gasteiger partial charge in [0, 0.05) is 32.8 Å². The predicted molar refractivity (Wildman–Crippen MR) is 114 cm³/mol. The van der Waals surface area contributed by atoms with E-state index in [0.717, 1.165) is 37.9 Å². The monoisotopic (exact) mass is 401 g/mol. The third kappa shape index (κ3) is 6.28. The van der Waals surface area contributed by atoms with Gasteiger partial charge in [-0.25, -0.2) is 0 Å². The lowest BCUT2D eigenvalue weighted by molar-refractivity contribution is -0.142. The van der Waals surface area contributed by atoms with Crippen LogP contribution in [0.15, 0.2) is 24.3 Å². The van der Waals surface area contributed by atoms with Crippen molar-refractivity contribution in [1.82, 2.24) is 15.1 Å². The number of nitrogens with one attached hydrogen (secondary N) is 1. The van der Waals surface area contributed by atoms with Gasteiger partial charge in [0.15, 0.2) is 0 Å². The molecule has 0 aliphatic carbocycles. The fourth-order valence-electron chi connectivity index (χ4n) is 4.09. The van der Waals surface area contributed by atoms with Gasteiger partial charge in [0.2, 0.25) is 5.91 Å². The summed E-state index contributed by atoms with van der Waals surface area (Å²) in [5, 5.41) is 3.10. The van der Waals surface area contributed by atoms with Crippen LogP contribution >= 0.6 is 0 Å². The van der Waals surface area contributed by atoms with Crippen molar-refractivity contribution in [3.8, 4) is 0 Å². The standard InChI is InChI=1S/C23H35N3O3/c1-17(2)15-19-6-8-20(9-7-19)18(3)24-22(27)16-25-10-12-26(13-11-25)23(28)21-5-4-14-29-21/h6-9,17-18,21H,4-5,10-16H2,1-3H3,(H,24,27). The molecular formula is C23H35N3O3. The largest absolute Gasteiger partial charge is 0.368 e. The molecule has 0 bridgehead atoms. The van der Waals surface area contributed by atoms with Crippen LogP contribution in [0.2, 0.25) is 0 Å². The highest BCUT2D eigenvalue weighted by Gasteiger charge is 2.30. The fraction of sp³-hybridized carbons (Fsp3) is 0.652. The zero-order chi connectivity index (χ0) is 20.8. The Kier molecular flexibility index (Phi) is 7.67. The first-order valence-corrected chi connectivity index (χ1v) is 10.9. The average molecular weight is 402 g/mol. The molecule has 0 saturated carbocycles. The number of piperazine rings is 1. The van der Waals surface area contributed by atoms with Crippen molar-refractivity contribution in [3.05, 3.63) is 35.4 Å². The van der Waals surface area contributed by atoms with E-state index in [9.17, 15) is 9.59 Å². The number of ether oxygens (including phenoxy) is 1. The van der Waals surface area contributed by atoms with E-state index in [2.05, 4.69) is 48.3 Å². The quantitative estimate of drug-likeness (QED) is 0.762. The molecule has 6 heteroatoms. The molecule has 2 aliphatic rings. The van der Waals surface area contributed by atoms with Gasteiger partial charge in [0.25, 0.3) is 5.91 Å². The molecule has 29 heavy (non-hydrogen) atoms. The predicted octanol–water partition coefficient (Wildman–Crippen LogP) is 2.39. The summed E-state index contributed by atoms with van der Waals surface area (Å²) >= 11 is 0. The molecule has 1 N–H and O–H groups in total. The normalized spacial score (nSPS) is 21.4. The van der Waals surface area contributed by atoms with Crippen molar-refractivity contribution in [1.29, 1.82) is 0 Å². The highest BCUT2D eigenvalue weighted by atomic mass is 16.5. The second-order valence-electron chi connectivity index (χ2n) is 8.73. The van der Waals surface area contributed by atoms with Crippen molar-refractivity contribution in [3.63, 3.8) is 0 Å². The van der Waals surface area contributed by atoms with E-state index < -0.39 is 0 Å². The average Bonchev–Trinajstić information content (AvgIpc) is 3.23. The Balaban J connectivity index is 1.41. The maximum absolute atomic E-state index is 12.5. The van der Waals surface area contributed by atoms with Gasteiger partial charge < -0.3 is 15.0 Å². The van der Waals surface area contributed by atoms with Crippen molar-refractivity contribution in [2.45, 2.75) is 52.2 Å². The Bertz CT molecular complexity index is 675. The maximum Gasteiger partial charge on any atom is 0.251 e. The summed E-state index contributed by atoms with van der Waals surface area (Å²) in [6, 6.07) is 8.51. The van der Waals surface area contributed by atoms with Crippen LogP contribution in [0.3, 0.4) is 0 Å². The summed E-state index contributed by atoms with van der Waals surface area (Å²) in [5.41, 5.74) is 2.45. The van der Waals surface area contributed by atoms with Gasteiger partial charge in [0.05, 0.1) is 12.6 Å². The first-order chi connectivity index (χ1) is 13.9. The first kappa shape index (κ1) is 21.8. The lowest BCUT2D eigenvalue weighted by atomic mass is 10.00. The topological polar surface area (TPSA) is 61.9 Å². The molecule has 2 aliphatic heterocycles. The Morgan fingerprint density at radius 2 is 1.79 bits per heavy atom. The highest BCUT2D eigenvalue weighted by molar-refractivity contribution is 5.81. The molecule has 2 heterocycles. The second-order valence-corrected chi connectivity index (χ2v) is 8.73. The van der Waals surface area contributed by atoms with Crippen LogP contribution in [0.25, 0.3) is 0 Å². The molecule has 3 rings (SSSR count). The third-order valence-electron chi connectivity index (χ3n) is 5.76. The van der Waals surface area contributed by atoms with Crippen LogP contribution in [0.1, 0.15) is 50.8 Å². The summed E-state index contributed by atoms with van der Waals surface area (Å²) in [5.74, 6) is 0.781. The van der Waals surface area contributed by atoms with Gasteiger partial charge in [-0.2, -0.15) is 0 Å². The third-order valence-corrected chi connectivity index (χ3v) is 5.76. The number of benzene rings is 1. The van der Waals surface area contributed by atoms with Gasteiger partial charge in [-0.15, -0.1) is 0 Å². The van der Waals surface area contributed by atoms with E-state index in [1.807, 2.05) is 11.8 Å². The fourth-order valence-corrected chi connectivity index (χ4v) is 4.09. The van der Waals surface area contributed by atoms with E-state index in [1.54, 1.807) is 0 Å². The van der Waals surface area contributed by atoms with E-state index in [0.29, 0.717) is 32.2 Å². The molecular weight excluding hydrogens is 366 g/mol.